The number of thioether (sulfide) groups is 2. The molecule has 0 atom stereocenters. The first kappa shape index (κ1) is 27.3. The molecule has 1 aromatic heterocycles. The lowest BCUT2D eigenvalue weighted by molar-refractivity contribution is -0.118. The molecule has 3 rings (SSSR count). The van der Waals surface area contributed by atoms with E-state index in [0.717, 1.165) is 50.7 Å². The summed E-state index contributed by atoms with van der Waals surface area (Å²) < 4.78 is 1.12. The quantitative estimate of drug-likeness (QED) is 0.251. The summed E-state index contributed by atoms with van der Waals surface area (Å²) in [5, 5.41) is 1.52. The highest BCUT2D eigenvalue weighted by molar-refractivity contribution is 7.99. The molecule has 0 saturated carbocycles. The molecule has 2 aromatic carbocycles. The zero-order valence-corrected chi connectivity index (χ0v) is 22.6. The molecule has 0 aliphatic heterocycles. The Morgan fingerprint density at radius 1 is 1.06 bits per heavy atom. The van der Waals surface area contributed by atoms with E-state index in [1.807, 2.05) is 35.2 Å². The predicted octanol–water partition coefficient (Wildman–Crippen LogP) is 6.95. The van der Waals surface area contributed by atoms with Crippen molar-refractivity contribution >= 4 is 80.1 Å². The molecule has 0 unspecified atom stereocenters. The van der Waals surface area contributed by atoms with Crippen LogP contribution in [0.1, 0.15) is 20.3 Å². The van der Waals surface area contributed by atoms with Gasteiger partial charge in [-0.2, -0.15) is 0 Å². The van der Waals surface area contributed by atoms with Crippen LogP contribution in [0.15, 0.2) is 52.3 Å². The molecule has 1 heterocycles. The van der Waals surface area contributed by atoms with E-state index in [9.17, 15) is 4.79 Å². The molecule has 4 nitrogen and oxygen atoms in total. The third-order valence-electron chi connectivity index (χ3n) is 5.05. The third kappa shape index (κ3) is 7.54. The number of nitrogens with zero attached hydrogens (tertiary/aromatic N) is 3. The van der Waals surface area contributed by atoms with Crippen LogP contribution in [0.25, 0.3) is 10.2 Å². The Labute approximate surface area is 214 Å². The Kier molecular flexibility index (Phi) is 11.7. The van der Waals surface area contributed by atoms with E-state index in [2.05, 4.69) is 37.1 Å². The van der Waals surface area contributed by atoms with Crippen LogP contribution >= 0.6 is 58.9 Å². The lowest BCUT2D eigenvalue weighted by Crippen LogP contribution is -2.39. The zero-order valence-electron chi connectivity index (χ0n) is 18.5. The zero-order chi connectivity index (χ0) is 22.2. The Balaban J connectivity index is 0.00000363. The van der Waals surface area contributed by atoms with Gasteiger partial charge in [0.05, 0.1) is 10.2 Å². The number of benzene rings is 2. The highest BCUT2D eigenvalue weighted by Gasteiger charge is 2.20. The topological polar surface area (TPSA) is 36.4 Å². The van der Waals surface area contributed by atoms with Crippen LogP contribution in [-0.4, -0.2) is 54.0 Å². The molecule has 0 fully saturated rings. The number of halogens is 2. The van der Waals surface area contributed by atoms with Gasteiger partial charge >= 0.3 is 0 Å². The first-order valence-electron chi connectivity index (χ1n) is 10.4. The van der Waals surface area contributed by atoms with E-state index < -0.39 is 0 Å². The van der Waals surface area contributed by atoms with Crippen molar-refractivity contribution in [3.8, 4) is 0 Å². The summed E-state index contributed by atoms with van der Waals surface area (Å²) in [5.74, 6) is 0.849. The lowest BCUT2D eigenvalue weighted by atomic mass is 10.3. The molecule has 0 saturated heterocycles. The molecule has 0 spiro atoms. The number of hydrogen-bond acceptors (Lipinski definition) is 6. The number of amides is 1. The van der Waals surface area contributed by atoms with Gasteiger partial charge in [-0.05, 0) is 61.8 Å². The van der Waals surface area contributed by atoms with Crippen molar-refractivity contribution in [3.63, 3.8) is 0 Å². The first-order chi connectivity index (χ1) is 15.0. The summed E-state index contributed by atoms with van der Waals surface area (Å²) >= 11 is 11.0. The fourth-order valence-corrected chi connectivity index (χ4v) is 5.69. The molecule has 0 aliphatic rings. The number of hydrogen-bond donors (Lipinski definition) is 0. The standard InChI is InChI=1S/C23H28ClN3OS3.ClH/c1-4-26(5-2)13-14-27(22(28)12-15-30-18-8-6-17(24)7-9-18)23-25-20-11-10-19(29-3)16-21(20)31-23;/h6-11,16H,4-5,12-15H2,1-3H3;1H. The average molecular weight is 531 g/mol. The number of likely N-dealkylation sites (N-methyl/N-ethyl adjacent to an activating group) is 1. The maximum Gasteiger partial charge on any atom is 0.229 e. The van der Waals surface area contributed by atoms with Gasteiger partial charge in [0.25, 0.3) is 0 Å². The largest absolute Gasteiger partial charge is 0.302 e. The fraction of sp³-hybridized carbons (Fsp3) is 0.391. The maximum absolute atomic E-state index is 13.2. The normalized spacial score (nSPS) is 11.0. The van der Waals surface area contributed by atoms with E-state index in [4.69, 9.17) is 16.6 Å². The van der Waals surface area contributed by atoms with E-state index in [1.165, 1.54) is 4.90 Å². The minimum Gasteiger partial charge on any atom is -0.302 e. The monoisotopic (exact) mass is 529 g/mol. The van der Waals surface area contributed by atoms with E-state index in [1.54, 1.807) is 34.9 Å². The van der Waals surface area contributed by atoms with Crippen LogP contribution in [-0.2, 0) is 4.79 Å². The molecule has 0 N–H and O–H groups in total. The Morgan fingerprint density at radius 3 is 2.41 bits per heavy atom. The molecule has 32 heavy (non-hydrogen) atoms. The van der Waals surface area contributed by atoms with Crippen molar-refractivity contribution in [2.75, 3.05) is 43.1 Å². The summed E-state index contributed by atoms with van der Waals surface area (Å²) in [6, 6.07) is 14.0. The number of rotatable bonds is 11. The Bertz CT molecular complexity index is 994. The van der Waals surface area contributed by atoms with Gasteiger partial charge in [-0.1, -0.05) is 36.8 Å². The average Bonchev–Trinajstić information content (AvgIpc) is 3.20. The van der Waals surface area contributed by atoms with Crippen LogP contribution in [0.3, 0.4) is 0 Å². The SMILES string of the molecule is CCN(CC)CCN(C(=O)CCSc1ccc(Cl)cc1)c1nc2ccc(SC)cc2s1.Cl. The minimum atomic E-state index is 0. The number of fused-ring (bicyclic) bond motifs is 1. The van der Waals surface area contributed by atoms with Crippen LogP contribution in [0.4, 0.5) is 5.13 Å². The van der Waals surface area contributed by atoms with Crippen LogP contribution < -0.4 is 4.90 Å². The Hall–Kier alpha value is -0.960. The van der Waals surface area contributed by atoms with Gasteiger partial charge in [0.2, 0.25) is 5.91 Å². The van der Waals surface area contributed by atoms with Crippen LogP contribution in [0.5, 0.6) is 0 Å². The number of aromatic nitrogens is 1. The van der Waals surface area contributed by atoms with Crippen molar-refractivity contribution in [3.05, 3.63) is 47.5 Å². The molecule has 174 valence electrons. The minimum absolute atomic E-state index is 0. The summed E-state index contributed by atoms with van der Waals surface area (Å²) in [4.78, 5) is 24.5. The van der Waals surface area contributed by atoms with E-state index in [0.29, 0.717) is 13.0 Å². The van der Waals surface area contributed by atoms with Crippen LogP contribution in [0, 0.1) is 0 Å². The molecule has 9 heteroatoms. The molecular weight excluding hydrogens is 501 g/mol. The van der Waals surface area contributed by atoms with Gasteiger partial charge in [-0.3, -0.25) is 9.69 Å². The van der Waals surface area contributed by atoms with Gasteiger partial charge in [0, 0.05) is 40.1 Å². The first-order valence-corrected chi connectivity index (χ1v) is 13.8. The van der Waals surface area contributed by atoms with Crippen molar-refractivity contribution in [2.24, 2.45) is 0 Å². The molecule has 0 radical (unpaired) electrons. The lowest BCUT2D eigenvalue weighted by Gasteiger charge is -2.24. The number of carbonyl (C=O) groups excluding carboxylic acids is 1. The van der Waals surface area contributed by atoms with E-state index >= 15 is 0 Å². The van der Waals surface area contributed by atoms with Gasteiger partial charge in [-0.15, -0.1) is 35.9 Å². The summed E-state index contributed by atoms with van der Waals surface area (Å²) in [5.41, 5.74) is 0.953. The molecule has 1 amide bonds. The second-order valence-corrected chi connectivity index (χ2v) is 10.4. The number of thiazole rings is 1. The molecule has 3 aromatic rings. The third-order valence-corrected chi connectivity index (χ3v) is 8.08. The van der Waals surface area contributed by atoms with Crippen molar-refractivity contribution in [1.29, 1.82) is 0 Å². The van der Waals surface area contributed by atoms with Gasteiger partial charge in [-0.25, -0.2) is 4.98 Å². The highest BCUT2D eigenvalue weighted by Crippen LogP contribution is 2.32. The number of carbonyl (C=O) groups is 1. The van der Waals surface area contributed by atoms with E-state index in [-0.39, 0.29) is 18.3 Å². The predicted molar refractivity (Wildman–Crippen MR) is 146 cm³/mol. The fourth-order valence-electron chi connectivity index (χ4n) is 3.17. The Morgan fingerprint density at radius 2 is 1.75 bits per heavy atom. The summed E-state index contributed by atoms with van der Waals surface area (Å²) in [6.07, 6.45) is 2.54. The summed E-state index contributed by atoms with van der Waals surface area (Å²) in [6.45, 7) is 7.75. The van der Waals surface area contributed by atoms with Gasteiger partial charge in [0.15, 0.2) is 5.13 Å². The maximum atomic E-state index is 13.2. The van der Waals surface area contributed by atoms with Gasteiger partial charge in [0.1, 0.15) is 0 Å². The number of anilines is 1. The second-order valence-electron chi connectivity index (χ2n) is 6.95. The smallest absolute Gasteiger partial charge is 0.229 e. The summed E-state index contributed by atoms with van der Waals surface area (Å²) in [7, 11) is 0. The van der Waals surface area contributed by atoms with Crippen molar-refractivity contribution in [1.82, 2.24) is 9.88 Å². The van der Waals surface area contributed by atoms with Crippen LogP contribution in [0.2, 0.25) is 5.02 Å². The van der Waals surface area contributed by atoms with Crippen molar-refractivity contribution in [2.45, 2.75) is 30.1 Å². The van der Waals surface area contributed by atoms with Crippen molar-refractivity contribution < 1.29 is 4.79 Å². The van der Waals surface area contributed by atoms with Gasteiger partial charge < -0.3 is 4.90 Å². The molecule has 0 bridgehead atoms. The molecular formula is C23H29Cl2N3OS3. The highest BCUT2D eigenvalue weighted by atomic mass is 35.5. The second kappa shape index (κ2) is 13.7. The molecule has 0 aliphatic carbocycles.